The van der Waals surface area contributed by atoms with E-state index in [-0.39, 0.29) is 18.0 Å². The number of anilines is 1. The lowest BCUT2D eigenvalue weighted by Gasteiger charge is -2.29. The van der Waals surface area contributed by atoms with Gasteiger partial charge in [-0.2, -0.15) is 0 Å². The molecule has 0 unspecified atom stereocenters. The van der Waals surface area contributed by atoms with E-state index >= 15 is 0 Å². The summed E-state index contributed by atoms with van der Waals surface area (Å²) in [5, 5.41) is 6.77. The Morgan fingerprint density at radius 1 is 0.946 bits per heavy atom. The predicted molar refractivity (Wildman–Crippen MR) is 157 cm³/mol. The molecular weight excluding hydrogens is 458 g/mol. The number of carbonyl (C=O) groups is 1. The van der Waals surface area contributed by atoms with Crippen LogP contribution in [0.4, 0.5) is 5.69 Å². The maximum Gasteiger partial charge on any atom is 0.237 e. The third-order valence-electron chi connectivity index (χ3n) is 6.19. The molecule has 2 N–H and O–H groups in total. The lowest BCUT2D eigenvalue weighted by Crippen LogP contribution is -2.50. The molecule has 0 spiro atoms. The van der Waals surface area contributed by atoms with E-state index in [0.29, 0.717) is 18.4 Å². The summed E-state index contributed by atoms with van der Waals surface area (Å²) in [6.07, 6.45) is 4.13. The van der Waals surface area contributed by atoms with Crippen molar-refractivity contribution in [1.29, 1.82) is 0 Å². The van der Waals surface area contributed by atoms with Gasteiger partial charge in [0.1, 0.15) is 12.4 Å². The Kier molecular flexibility index (Phi) is 13.3. The van der Waals surface area contributed by atoms with Crippen molar-refractivity contribution in [3.8, 4) is 5.75 Å². The number of allylic oxidation sites excluding steroid dienone is 1. The van der Waals surface area contributed by atoms with E-state index in [1.807, 2.05) is 30.3 Å². The highest BCUT2D eigenvalue weighted by atomic mass is 16.5. The number of rotatable bonds is 16. The molecule has 0 aliphatic rings. The summed E-state index contributed by atoms with van der Waals surface area (Å²) in [5.41, 5.74) is 3.53. The zero-order valence-electron chi connectivity index (χ0n) is 24.1. The molecule has 0 saturated heterocycles. The Balaban J connectivity index is 2.02. The number of hydrogen-bond acceptors (Lipinski definition) is 4. The lowest BCUT2D eigenvalue weighted by atomic mass is 10.0. The summed E-state index contributed by atoms with van der Waals surface area (Å²) in [5.74, 6) is 2.01. The van der Waals surface area contributed by atoms with Crippen LogP contribution < -0.4 is 20.3 Å². The predicted octanol–water partition coefficient (Wildman–Crippen LogP) is 6.59. The van der Waals surface area contributed by atoms with Crippen molar-refractivity contribution < 1.29 is 9.53 Å². The highest BCUT2D eigenvalue weighted by molar-refractivity contribution is 5.82. The van der Waals surface area contributed by atoms with Gasteiger partial charge < -0.3 is 20.3 Å². The fraction of sp³-hybridized carbons (Fsp3) is 0.531. The monoisotopic (exact) mass is 507 g/mol. The molecule has 0 saturated carbocycles. The van der Waals surface area contributed by atoms with Crippen LogP contribution in [0.25, 0.3) is 0 Å². The zero-order chi connectivity index (χ0) is 27.2. The summed E-state index contributed by atoms with van der Waals surface area (Å²) < 4.78 is 5.97. The standard InChI is InChI=1S/C32H49N3O2/c1-24(2)17-19-33-31(21-26(5)6)32(36)34-27(7)22-35(20-18-25(3)4)29-13-15-30(16-14-29)37-23-28-11-9-8-10-12-28/h8-16,18,24,26-27,31,33H,17,19-23H2,1-7H3,(H,34,36)/t27-,31-/m0/s1. The largest absolute Gasteiger partial charge is 0.489 e. The van der Waals surface area contributed by atoms with Gasteiger partial charge in [-0.1, -0.05) is 69.7 Å². The molecule has 0 aromatic heterocycles. The van der Waals surface area contributed by atoms with Crippen molar-refractivity contribution in [2.24, 2.45) is 11.8 Å². The minimum absolute atomic E-state index is 0.00799. The van der Waals surface area contributed by atoms with Gasteiger partial charge in [0, 0.05) is 24.8 Å². The van der Waals surface area contributed by atoms with Gasteiger partial charge in [-0.25, -0.2) is 0 Å². The fourth-order valence-electron chi connectivity index (χ4n) is 4.09. The Morgan fingerprint density at radius 2 is 1.62 bits per heavy atom. The molecule has 0 aliphatic heterocycles. The molecule has 2 aromatic carbocycles. The topological polar surface area (TPSA) is 53.6 Å². The van der Waals surface area contributed by atoms with E-state index in [9.17, 15) is 4.79 Å². The molecule has 2 atom stereocenters. The Labute approximate surface area is 225 Å². The van der Waals surface area contributed by atoms with Crippen LogP contribution in [-0.2, 0) is 11.4 Å². The van der Waals surface area contributed by atoms with Crippen molar-refractivity contribution in [3.05, 3.63) is 71.8 Å². The first-order valence-corrected chi connectivity index (χ1v) is 13.8. The number of nitrogens with one attached hydrogen (secondary N) is 2. The number of amides is 1. The number of carbonyl (C=O) groups excluding carboxylic acids is 1. The molecule has 2 rings (SSSR count). The van der Waals surface area contributed by atoms with Gasteiger partial charge in [0.05, 0.1) is 6.04 Å². The number of ether oxygens (including phenoxy) is 1. The molecule has 5 heteroatoms. The first-order chi connectivity index (χ1) is 17.6. The molecule has 0 aliphatic carbocycles. The molecule has 0 bridgehead atoms. The molecule has 37 heavy (non-hydrogen) atoms. The minimum Gasteiger partial charge on any atom is -0.489 e. The first-order valence-electron chi connectivity index (χ1n) is 13.8. The van der Waals surface area contributed by atoms with Gasteiger partial charge in [-0.3, -0.25) is 4.79 Å². The quantitative estimate of drug-likeness (QED) is 0.252. The molecule has 2 aromatic rings. The van der Waals surface area contributed by atoms with Crippen molar-refractivity contribution in [2.75, 3.05) is 24.5 Å². The van der Waals surface area contributed by atoms with Crippen LogP contribution in [0.5, 0.6) is 5.75 Å². The smallest absolute Gasteiger partial charge is 0.237 e. The van der Waals surface area contributed by atoms with Crippen LogP contribution in [-0.4, -0.2) is 37.6 Å². The SMILES string of the molecule is CC(C)=CCN(C[C@H](C)NC(=O)[C@H](CC(C)C)NCCC(C)C)c1ccc(OCc2ccccc2)cc1. The average Bonchev–Trinajstić information content (AvgIpc) is 2.85. The second-order valence-corrected chi connectivity index (χ2v) is 11.2. The van der Waals surface area contributed by atoms with E-state index in [2.05, 4.69) is 94.3 Å². The Bertz CT molecular complexity index is 934. The number of benzene rings is 2. The summed E-state index contributed by atoms with van der Waals surface area (Å²) in [7, 11) is 0. The van der Waals surface area contributed by atoms with E-state index in [1.165, 1.54) is 5.57 Å². The summed E-state index contributed by atoms with van der Waals surface area (Å²) in [4.78, 5) is 15.5. The first kappa shape index (κ1) is 30.4. The van der Waals surface area contributed by atoms with Crippen molar-refractivity contribution in [2.45, 2.75) is 80.0 Å². The van der Waals surface area contributed by atoms with E-state index < -0.39 is 0 Å². The van der Waals surface area contributed by atoms with Crippen molar-refractivity contribution >= 4 is 11.6 Å². The molecular formula is C32H49N3O2. The lowest BCUT2D eigenvalue weighted by molar-refractivity contribution is -0.124. The Hall–Kier alpha value is -2.79. The average molecular weight is 508 g/mol. The molecule has 0 fully saturated rings. The maximum atomic E-state index is 13.2. The van der Waals surface area contributed by atoms with Gasteiger partial charge in [-0.05, 0) is 81.8 Å². The van der Waals surface area contributed by atoms with Crippen molar-refractivity contribution in [3.63, 3.8) is 0 Å². The molecule has 0 radical (unpaired) electrons. The Morgan fingerprint density at radius 3 is 2.22 bits per heavy atom. The zero-order valence-corrected chi connectivity index (χ0v) is 24.1. The fourth-order valence-corrected chi connectivity index (χ4v) is 4.09. The summed E-state index contributed by atoms with van der Waals surface area (Å²) in [6, 6.07) is 18.3. The van der Waals surface area contributed by atoms with Crippen LogP contribution >= 0.6 is 0 Å². The van der Waals surface area contributed by atoms with E-state index in [0.717, 1.165) is 49.5 Å². The van der Waals surface area contributed by atoms with Gasteiger partial charge in [0.15, 0.2) is 0 Å². The number of nitrogens with zero attached hydrogens (tertiary/aromatic N) is 1. The molecule has 204 valence electrons. The van der Waals surface area contributed by atoms with Crippen LogP contribution in [0, 0.1) is 11.8 Å². The maximum absolute atomic E-state index is 13.2. The third kappa shape index (κ3) is 12.3. The minimum atomic E-state index is -0.159. The second-order valence-electron chi connectivity index (χ2n) is 11.2. The summed E-state index contributed by atoms with van der Waals surface area (Å²) >= 11 is 0. The van der Waals surface area contributed by atoms with Crippen LogP contribution in [0.15, 0.2) is 66.2 Å². The normalized spacial score (nSPS) is 12.8. The highest BCUT2D eigenvalue weighted by Gasteiger charge is 2.22. The van der Waals surface area contributed by atoms with Crippen LogP contribution in [0.2, 0.25) is 0 Å². The van der Waals surface area contributed by atoms with E-state index in [4.69, 9.17) is 4.74 Å². The van der Waals surface area contributed by atoms with Gasteiger partial charge in [-0.15, -0.1) is 0 Å². The molecule has 0 heterocycles. The molecule has 1 amide bonds. The second kappa shape index (κ2) is 16.1. The number of hydrogen-bond donors (Lipinski definition) is 2. The van der Waals surface area contributed by atoms with Gasteiger partial charge >= 0.3 is 0 Å². The molecule has 5 nitrogen and oxygen atoms in total. The van der Waals surface area contributed by atoms with Gasteiger partial charge in [0.2, 0.25) is 5.91 Å². The summed E-state index contributed by atoms with van der Waals surface area (Å²) in [6.45, 7) is 18.0. The van der Waals surface area contributed by atoms with E-state index in [1.54, 1.807) is 0 Å². The van der Waals surface area contributed by atoms with Gasteiger partial charge in [0.25, 0.3) is 0 Å². The van der Waals surface area contributed by atoms with Crippen molar-refractivity contribution in [1.82, 2.24) is 10.6 Å². The highest BCUT2D eigenvalue weighted by Crippen LogP contribution is 2.21. The van der Waals surface area contributed by atoms with Crippen LogP contribution in [0.3, 0.4) is 0 Å². The third-order valence-corrected chi connectivity index (χ3v) is 6.19. The van der Waals surface area contributed by atoms with Crippen LogP contribution in [0.1, 0.15) is 66.9 Å².